The lowest BCUT2D eigenvalue weighted by molar-refractivity contribution is 0.201. The van der Waals surface area contributed by atoms with Crippen molar-refractivity contribution < 1.29 is 9.84 Å². The molecule has 1 atom stereocenters. The van der Waals surface area contributed by atoms with Crippen molar-refractivity contribution in [2.75, 3.05) is 7.11 Å². The Morgan fingerprint density at radius 2 is 1.81 bits per heavy atom. The molecule has 0 aliphatic carbocycles. The number of rotatable bonds is 3. The molecule has 3 heteroatoms. The number of aliphatic hydroxyl groups excluding tert-OH is 1. The number of ether oxygens (including phenoxy) is 1. The van der Waals surface area contributed by atoms with Crippen molar-refractivity contribution in [2.24, 2.45) is 0 Å². The van der Waals surface area contributed by atoms with Crippen LogP contribution in [0.2, 0.25) is 0 Å². The van der Waals surface area contributed by atoms with Gasteiger partial charge in [0.25, 0.3) is 0 Å². The zero-order valence-corrected chi connectivity index (χ0v) is 12.1. The SMILES string of the molecule is COc1ccc2nc(-c3ccccc3)cc(C(C)O)c2c1. The largest absolute Gasteiger partial charge is 0.497 e. The number of hydrogen-bond acceptors (Lipinski definition) is 3. The molecule has 0 saturated carbocycles. The molecule has 0 radical (unpaired) electrons. The maximum Gasteiger partial charge on any atom is 0.119 e. The molecular formula is C18H17NO2. The molecule has 106 valence electrons. The molecule has 0 fully saturated rings. The number of nitrogens with zero attached hydrogens (tertiary/aromatic N) is 1. The molecule has 2 aromatic carbocycles. The van der Waals surface area contributed by atoms with Crippen LogP contribution in [0.25, 0.3) is 22.2 Å². The summed E-state index contributed by atoms with van der Waals surface area (Å²) in [6.45, 7) is 1.77. The first-order valence-corrected chi connectivity index (χ1v) is 6.91. The summed E-state index contributed by atoms with van der Waals surface area (Å²) in [6, 6.07) is 17.6. The van der Waals surface area contributed by atoms with Crippen LogP contribution >= 0.6 is 0 Å². The van der Waals surface area contributed by atoms with Gasteiger partial charge in [0.1, 0.15) is 5.75 Å². The summed E-state index contributed by atoms with van der Waals surface area (Å²) in [5, 5.41) is 11.0. The minimum absolute atomic E-state index is 0.565. The van der Waals surface area contributed by atoms with Gasteiger partial charge in [-0.3, -0.25) is 0 Å². The molecule has 0 bridgehead atoms. The number of aliphatic hydroxyl groups is 1. The van der Waals surface area contributed by atoms with Crippen LogP contribution in [0.4, 0.5) is 0 Å². The summed E-state index contributed by atoms with van der Waals surface area (Å²) in [6.07, 6.45) is -0.565. The Labute approximate surface area is 123 Å². The molecule has 0 saturated heterocycles. The normalized spacial score (nSPS) is 12.3. The molecule has 3 nitrogen and oxygen atoms in total. The van der Waals surface area contributed by atoms with Crippen LogP contribution in [-0.2, 0) is 0 Å². The standard InChI is InChI=1S/C18H17NO2/c1-12(20)15-11-18(13-6-4-3-5-7-13)19-17-9-8-14(21-2)10-16(15)17/h3-12,20H,1-2H3. The van der Waals surface area contributed by atoms with E-state index in [4.69, 9.17) is 9.72 Å². The summed E-state index contributed by atoms with van der Waals surface area (Å²) in [5.41, 5.74) is 3.62. The monoisotopic (exact) mass is 279 g/mol. The summed E-state index contributed by atoms with van der Waals surface area (Å²) < 4.78 is 5.26. The quantitative estimate of drug-likeness (QED) is 0.789. The number of fused-ring (bicyclic) bond motifs is 1. The van der Waals surface area contributed by atoms with Gasteiger partial charge in [0.2, 0.25) is 0 Å². The summed E-state index contributed by atoms with van der Waals surface area (Å²) >= 11 is 0. The molecule has 1 heterocycles. The van der Waals surface area contributed by atoms with E-state index in [1.165, 1.54) is 0 Å². The highest BCUT2D eigenvalue weighted by molar-refractivity contribution is 5.86. The predicted molar refractivity (Wildman–Crippen MR) is 84.4 cm³/mol. The van der Waals surface area contributed by atoms with E-state index in [0.717, 1.165) is 33.5 Å². The van der Waals surface area contributed by atoms with Crippen LogP contribution in [0, 0.1) is 0 Å². The van der Waals surface area contributed by atoms with Crippen molar-refractivity contribution >= 4 is 10.9 Å². The van der Waals surface area contributed by atoms with Gasteiger partial charge in [-0.25, -0.2) is 4.98 Å². The third-order valence-electron chi connectivity index (χ3n) is 3.57. The smallest absolute Gasteiger partial charge is 0.119 e. The van der Waals surface area contributed by atoms with Gasteiger partial charge in [0.05, 0.1) is 24.4 Å². The van der Waals surface area contributed by atoms with Gasteiger partial charge in [0.15, 0.2) is 0 Å². The topological polar surface area (TPSA) is 42.4 Å². The van der Waals surface area contributed by atoms with E-state index in [0.29, 0.717) is 0 Å². The second-order valence-electron chi connectivity index (χ2n) is 5.02. The summed E-state index contributed by atoms with van der Waals surface area (Å²) in [7, 11) is 1.63. The minimum Gasteiger partial charge on any atom is -0.497 e. The Morgan fingerprint density at radius 3 is 2.48 bits per heavy atom. The van der Waals surface area contributed by atoms with Gasteiger partial charge in [0, 0.05) is 10.9 Å². The Kier molecular flexibility index (Phi) is 3.59. The fourth-order valence-electron chi connectivity index (χ4n) is 2.46. The van der Waals surface area contributed by atoms with E-state index >= 15 is 0 Å². The average Bonchev–Trinajstić information content (AvgIpc) is 2.54. The van der Waals surface area contributed by atoms with Crippen molar-refractivity contribution in [3.8, 4) is 17.0 Å². The first-order chi connectivity index (χ1) is 10.2. The third kappa shape index (κ3) is 2.60. The fourth-order valence-corrected chi connectivity index (χ4v) is 2.46. The van der Waals surface area contributed by atoms with Crippen molar-refractivity contribution in [1.82, 2.24) is 4.98 Å². The lowest BCUT2D eigenvalue weighted by atomic mass is 10.0. The number of aromatic nitrogens is 1. The lowest BCUT2D eigenvalue weighted by Gasteiger charge is -2.13. The van der Waals surface area contributed by atoms with E-state index in [1.54, 1.807) is 14.0 Å². The van der Waals surface area contributed by atoms with Gasteiger partial charge >= 0.3 is 0 Å². The van der Waals surface area contributed by atoms with Crippen LogP contribution in [-0.4, -0.2) is 17.2 Å². The highest BCUT2D eigenvalue weighted by Gasteiger charge is 2.12. The van der Waals surface area contributed by atoms with Gasteiger partial charge < -0.3 is 9.84 Å². The second kappa shape index (κ2) is 5.54. The maximum absolute atomic E-state index is 10.1. The molecule has 0 amide bonds. The van der Waals surface area contributed by atoms with Crippen LogP contribution in [0.1, 0.15) is 18.6 Å². The van der Waals surface area contributed by atoms with Gasteiger partial charge in [-0.15, -0.1) is 0 Å². The number of pyridine rings is 1. The number of benzene rings is 2. The number of hydrogen-bond donors (Lipinski definition) is 1. The maximum atomic E-state index is 10.1. The van der Waals surface area contributed by atoms with Gasteiger partial charge in [-0.2, -0.15) is 0 Å². The Morgan fingerprint density at radius 1 is 1.05 bits per heavy atom. The molecule has 21 heavy (non-hydrogen) atoms. The molecule has 0 spiro atoms. The fraction of sp³-hybridized carbons (Fsp3) is 0.167. The number of methoxy groups -OCH3 is 1. The molecule has 0 aliphatic rings. The Balaban J connectivity index is 2.26. The van der Waals surface area contributed by atoms with E-state index in [1.807, 2.05) is 54.6 Å². The molecule has 1 aromatic heterocycles. The van der Waals surface area contributed by atoms with Gasteiger partial charge in [-0.05, 0) is 36.8 Å². The van der Waals surface area contributed by atoms with Crippen molar-refractivity contribution in [1.29, 1.82) is 0 Å². The van der Waals surface area contributed by atoms with E-state index < -0.39 is 6.10 Å². The molecule has 3 rings (SSSR count). The molecular weight excluding hydrogens is 262 g/mol. The Hall–Kier alpha value is -2.39. The minimum atomic E-state index is -0.565. The second-order valence-corrected chi connectivity index (χ2v) is 5.02. The molecule has 3 aromatic rings. The van der Waals surface area contributed by atoms with Crippen LogP contribution in [0.3, 0.4) is 0 Å². The van der Waals surface area contributed by atoms with Crippen molar-refractivity contribution in [2.45, 2.75) is 13.0 Å². The van der Waals surface area contributed by atoms with E-state index in [2.05, 4.69) is 0 Å². The van der Waals surface area contributed by atoms with Crippen molar-refractivity contribution in [3.05, 3.63) is 60.2 Å². The van der Waals surface area contributed by atoms with E-state index in [-0.39, 0.29) is 0 Å². The predicted octanol–water partition coefficient (Wildman–Crippen LogP) is 3.96. The highest BCUT2D eigenvalue weighted by atomic mass is 16.5. The summed E-state index contributed by atoms with van der Waals surface area (Å²) in [4.78, 5) is 4.70. The van der Waals surface area contributed by atoms with Crippen LogP contribution < -0.4 is 4.74 Å². The molecule has 1 N–H and O–H groups in total. The molecule has 0 aliphatic heterocycles. The van der Waals surface area contributed by atoms with Gasteiger partial charge in [-0.1, -0.05) is 30.3 Å². The molecule has 1 unspecified atom stereocenters. The third-order valence-corrected chi connectivity index (χ3v) is 3.57. The first kappa shape index (κ1) is 13.6. The van der Waals surface area contributed by atoms with Crippen LogP contribution in [0.15, 0.2) is 54.6 Å². The van der Waals surface area contributed by atoms with E-state index in [9.17, 15) is 5.11 Å². The summed E-state index contributed by atoms with van der Waals surface area (Å²) in [5.74, 6) is 0.763. The van der Waals surface area contributed by atoms with Crippen LogP contribution in [0.5, 0.6) is 5.75 Å². The zero-order valence-electron chi connectivity index (χ0n) is 12.1. The Bertz CT molecular complexity index is 767. The average molecular weight is 279 g/mol. The van der Waals surface area contributed by atoms with Crippen molar-refractivity contribution in [3.63, 3.8) is 0 Å². The highest BCUT2D eigenvalue weighted by Crippen LogP contribution is 2.30. The zero-order chi connectivity index (χ0) is 14.8. The lowest BCUT2D eigenvalue weighted by Crippen LogP contribution is -1.97. The first-order valence-electron chi connectivity index (χ1n) is 6.91.